The number of amides is 2. The van der Waals surface area contributed by atoms with Crippen LogP contribution in [0.25, 0.3) is 0 Å². The maximum absolute atomic E-state index is 13.1. The Morgan fingerprint density at radius 2 is 1.47 bits per heavy atom. The first-order chi connectivity index (χ1) is 20.7. The number of Topliss-reactive ketones (excluding diaryl/α,β-unsaturated/α-hetero) is 2. The highest BCUT2D eigenvalue weighted by Crippen LogP contribution is 2.38. The van der Waals surface area contributed by atoms with Gasteiger partial charge in [-0.15, -0.1) is 0 Å². The molecule has 2 rings (SSSR count). The molecule has 0 aliphatic rings. The number of nitrogens with one attached hydrogen (secondary N) is 2. The predicted octanol–water partition coefficient (Wildman–Crippen LogP) is 4.23. The lowest BCUT2D eigenvalue weighted by Gasteiger charge is -2.25. The molecular formula is C29H30F6N2O8. The van der Waals surface area contributed by atoms with Gasteiger partial charge in [0.2, 0.25) is 11.8 Å². The zero-order valence-corrected chi connectivity index (χ0v) is 24.4. The van der Waals surface area contributed by atoms with Gasteiger partial charge in [0.25, 0.3) is 0 Å². The fourth-order valence-electron chi connectivity index (χ4n) is 4.01. The Hall–Kier alpha value is -4.63. The van der Waals surface area contributed by atoms with E-state index in [1.165, 1.54) is 46.1 Å². The SMILES string of the molecule is COc1ccc(C(C)=O)cc1CC(=O)N[C@H](C(=O)NC(CC(=O)O)C(=O)COc1cc(C(F)(F)F)cc(C(F)(F)F)c1)C(C)C. The number of carbonyl (C=O) groups is 5. The summed E-state index contributed by atoms with van der Waals surface area (Å²) in [5.41, 5.74) is -2.77. The monoisotopic (exact) mass is 648 g/mol. The molecule has 2 aromatic rings. The number of hydrogen-bond donors (Lipinski definition) is 3. The number of carboxylic acid groups (broad SMARTS) is 1. The zero-order chi connectivity index (χ0) is 34.3. The molecule has 16 heteroatoms. The highest BCUT2D eigenvalue weighted by Gasteiger charge is 2.37. The van der Waals surface area contributed by atoms with E-state index in [4.69, 9.17) is 9.47 Å². The van der Waals surface area contributed by atoms with Crippen molar-refractivity contribution in [3.05, 3.63) is 58.7 Å². The summed E-state index contributed by atoms with van der Waals surface area (Å²) in [5, 5.41) is 13.9. The Morgan fingerprint density at radius 1 is 0.889 bits per heavy atom. The van der Waals surface area contributed by atoms with Crippen LogP contribution in [0.2, 0.25) is 0 Å². The number of benzene rings is 2. The molecule has 0 aliphatic carbocycles. The topological polar surface area (TPSA) is 148 Å². The molecule has 0 aliphatic heterocycles. The molecule has 2 amide bonds. The van der Waals surface area contributed by atoms with Crippen LogP contribution in [0, 0.1) is 5.92 Å². The van der Waals surface area contributed by atoms with Crippen LogP contribution in [-0.4, -0.2) is 60.3 Å². The number of methoxy groups -OCH3 is 1. The van der Waals surface area contributed by atoms with E-state index in [1.807, 2.05) is 0 Å². The van der Waals surface area contributed by atoms with Gasteiger partial charge in [-0.05, 0) is 49.2 Å². The van der Waals surface area contributed by atoms with Crippen molar-refractivity contribution in [1.82, 2.24) is 10.6 Å². The van der Waals surface area contributed by atoms with Gasteiger partial charge in [-0.1, -0.05) is 13.8 Å². The smallest absolute Gasteiger partial charge is 0.416 e. The van der Waals surface area contributed by atoms with Crippen LogP contribution in [0.5, 0.6) is 11.5 Å². The molecule has 3 N–H and O–H groups in total. The van der Waals surface area contributed by atoms with Gasteiger partial charge in [-0.25, -0.2) is 0 Å². The van der Waals surface area contributed by atoms with E-state index in [2.05, 4.69) is 10.6 Å². The van der Waals surface area contributed by atoms with E-state index < -0.39 is 83.8 Å². The second-order valence-corrected chi connectivity index (χ2v) is 10.2. The van der Waals surface area contributed by atoms with Gasteiger partial charge in [0, 0.05) is 11.1 Å². The fourth-order valence-corrected chi connectivity index (χ4v) is 4.01. The Bertz CT molecular complexity index is 1410. The zero-order valence-electron chi connectivity index (χ0n) is 24.4. The third kappa shape index (κ3) is 10.8. The Labute approximate surface area is 253 Å². The lowest BCUT2D eigenvalue weighted by atomic mass is 10.0. The number of halogens is 6. The summed E-state index contributed by atoms with van der Waals surface area (Å²) in [6, 6.07) is 1.61. The molecule has 0 saturated carbocycles. The van der Waals surface area contributed by atoms with Gasteiger partial charge >= 0.3 is 18.3 Å². The number of carboxylic acids is 1. The normalized spacial score (nSPS) is 13.0. The molecule has 0 radical (unpaired) electrons. The number of alkyl halides is 6. The molecule has 246 valence electrons. The number of aliphatic carboxylic acids is 1. The number of ether oxygens (including phenoxy) is 2. The molecule has 0 aromatic heterocycles. The Morgan fingerprint density at radius 3 is 1.93 bits per heavy atom. The maximum atomic E-state index is 13.1. The highest BCUT2D eigenvalue weighted by atomic mass is 19.4. The standard InChI is InChI=1S/C29H30F6N2O8/c1-14(2)26(37-24(40)8-17-7-16(15(3)38)5-6-23(17)44-4)27(43)36-21(12-25(41)42)22(39)13-45-20-10-18(28(30,31)32)9-19(11-20)29(33,34)35/h5-7,9-11,14,21,26H,8,12-13H2,1-4H3,(H,36,43)(H,37,40)(H,41,42)/t21?,26-/m0/s1. The van der Waals surface area contributed by atoms with Gasteiger partial charge in [-0.2, -0.15) is 26.3 Å². The highest BCUT2D eigenvalue weighted by molar-refractivity contribution is 5.96. The van der Waals surface area contributed by atoms with Crippen LogP contribution in [0.3, 0.4) is 0 Å². The first-order valence-corrected chi connectivity index (χ1v) is 13.2. The van der Waals surface area contributed by atoms with Crippen LogP contribution in [0.15, 0.2) is 36.4 Å². The summed E-state index contributed by atoms with van der Waals surface area (Å²) in [5.74, 6) is -6.02. The largest absolute Gasteiger partial charge is 0.496 e. The average molecular weight is 649 g/mol. The summed E-state index contributed by atoms with van der Waals surface area (Å²) >= 11 is 0. The summed E-state index contributed by atoms with van der Waals surface area (Å²) in [7, 11) is 1.35. The minimum Gasteiger partial charge on any atom is -0.496 e. The van der Waals surface area contributed by atoms with Crippen LogP contribution in [0.1, 0.15) is 54.2 Å². The van der Waals surface area contributed by atoms with Crippen molar-refractivity contribution >= 4 is 29.4 Å². The van der Waals surface area contributed by atoms with Gasteiger partial charge in [0.1, 0.15) is 30.2 Å². The first kappa shape index (κ1) is 36.6. The third-order valence-electron chi connectivity index (χ3n) is 6.33. The molecule has 10 nitrogen and oxygen atoms in total. The molecule has 2 aromatic carbocycles. The van der Waals surface area contributed by atoms with E-state index in [-0.39, 0.29) is 36.2 Å². The maximum Gasteiger partial charge on any atom is 0.416 e. The van der Waals surface area contributed by atoms with E-state index in [1.54, 1.807) is 0 Å². The van der Waals surface area contributed by atoms with Gasteiger partial charge in [0.15, 0.2) is 11.6 Å². The van der Waals surface area contributed by atoms with Crippen LogP contribution < -0.4 is 20.1 Å². The first-order valence-electron chi connectivity index (χ1n) is 13.2. The number of ketones is 2. The van der Waals surface area contributed by atoms with Crippen LogP contribution >= 0.6 is 0 Å². The van der Waals surface area contributed by atoms with E-state index in [0.717, 1.165) is 0 Å². The molecule has 1 unspecified atom stereocenters. The van der Waals surface area contributed by atoms with Gasteiger partial charge in [-0.3, -0.25) is 24.0 Å². The van der Waals surface area contributed by atoms with Crippen molar-refractivity contribution in [3.63, 3.8) is 0 Å². The molecule has 0 saturated heterocycles. The van der Waals surface area contributed by atoms with Crippen molar-refractivity contribution in [1.29, 1.82) is 0 Å². The van der Waals surface area contributed by atoms with E-state index >= 15 is 0 Å². The van der Waals surface area contributed by atoms with Gasteiger partial charge < -0.3 is 25.2 Å². The minimum absolute atomic E-state index is 0.140. The molecule has 2 atom stereocenters. The second-order valence-electron chi connectivity index (χ2n) is 10.2. The minimum atomic E-state index is -5.18. The van der Waals surface area contributed by atoms with Crippen LogP contribution in [0.4, 0.5) is 26.3 Å². The molecule has 0 heterocycles. The van der Waals surface area contributed by atoms with Crippen molar-refractivity contribution in [2.75, 3.05) is 13.7 Å². The molecule has 0 fully saturated rings. The summed E-state index contributed by atoms with van der Waals surface area (Å²) < 4.78 is 88.9. The summed E-state index contributed by atoms with van der Waals surface area (Å²) in [4.78, 5) is 61.9. The molecule has 45 heavy (non-hydrogen) atoms. The second kappa shape index (κ2) is 14.9. The predicted molar refractivity (Wildman–Crippen MR) is 145 cm³/mol. The Kier molecular flexibility index (Phi) is 12.1. The average Bonchev–Trinajstić information content (AvgIpc) is 2.92. The Balaban J connectivity index is 2.22. The van der Waals surface area contributed by atoms with Crippen molar-refractivity contribution in [2.24, 2.45) is 5.92 Å². The van der Waals surface area contributed by atoms with E-state index in [9.17, 15) is 55.4 Å². The fraction of sp³-hybridized carbons (Fsp3) is 0.414. The van der Waals surface area contributed by atoms with Crippen molar-refractivity contribution < 1.29 is 64.9 Å². The van der Waals surface area contributed by atoms with Crippen molar-refractivity contribution in [2.45, 2.75) is 58.0 Å². The number of carbonyl (C=O) groups excluding carboxylic acids is 4. The number of rotatable bonds is 14. The molecular weight excluding hydrogens is 618 g/mol. The quantitative estimate of drug-likeness (QED) is 0.204. The van der Waals surface area contributed by atoms with Gasteiger partial charge in [0.05, 0.1) is 31.1 Å². The summed E-state index contributed by atoms with van der Waals surface area (Å²) in [6.45, 7) is 3.20. The molecule has 0 bridgehead atoms. The van der Waals surface area contributed by atoms with Crippen molar-refractivity contribution in [3.8, 4) is 11.5 Å². The van der Waals surface area contributed by atoms with E-state index in [0.29, 0.717) is 11.1 Å². The lowest BCUT2D eigenvalue weighted by Crippen LogP contribution is -2.54. The third-order valence-corrected chi connectivity index (χ3v) is 6.33. The van der Waals surface area contributed by atoms with Crippen LogP contribution in [-0.2, 0) is 38.0 Å². The number of hydrogen-bond acceptors (Lipinski definition) is 7. The lowest BCUT2D eigenvalue weighted by molar-refractivity contribution is -0.144. The molecule has 0 spiro atoms. The summed E-state index contributed by atoms with van der Waals surface area (Å²) in [6.07, 6.45) is -11.7.